The summed E-state index contributed by atoms with van der Waals surface area (Å²) >= 11 is 2.34. The summed E-state index contributed by atoms with van der Waals surface area (Å²) in [6, 6.07) is 0. The fourth-order valence-corrected chi connectivity index (χ4v) is 1.56. The van der Waals surface area contributed by atoms with Crippen LogP contribution in [0.25, 0.3) is 0 Å². The van der Waals surface area contributed by atoms with E-state index in [2.05, 4.69) is 22.6 Å². The van der Waals surface area contributed by atoms with Crippen molar-refractivity contribution in [3.8, 4) is 0 Å². The van der Waals surface area contributed by atoms with Crippen molar-refractivity contribution in [2.45, 2.75) is 38.5 Å². The lowest BCUT2D eigenvalue weighted by Crippen LogP contribution is -2.11. The Hall–Kier alpha value is -0.130. The van der Waals surface area contributed by atoms with Gasteiger partial charge in [-0.05, 0) is 17.3 Å². The van der Waals surface area contributed by atoms with Crippen LogP contribution in [0.5, 0.6) is 0 Å². The first-order valence-electron chi connectivity index (χ1n) is 4.50. The minimum absolute atomic E-state index is 0.194. The summed E-state index contributed by atoms with van der Waals surface area (Å²) < 4.78 is 1.17. The van der Waals surface area contributed by atoms with Gasteiger partial charge in [-0.1, -0.05) is 41.9 Å². The van der Waals surface area contributed by atoms with Gasteiger partial charge in [-0.25, -0.2) is 4.79 Å². The van der Waals surface area contributed by atoms with Crippen LogP contribution in [0.15, 0.2) is 0 Å². The van der Waals surface area contributed by atoms with E-state index in [1.54, 1.807) is 0 Å². The van der Waals surface area contributed by atoms with E-state index in [4.69, 9.17) is 5.11 Å². The van der Waals surface area contributed by atoms with Gasteiger partial charge >= 0.3 is 5.97 Å². The lowest BCUT2D eigenvalue weighted by atomic mass is 10.1. The number of Topliss-reactive ketones (excluding diaryl/α,β-unsaturated/α-hetero) is 1. The summed E-state index contributed by atoms with van der Waals surface area (Å²) in [4.78, 5) is 20.7. The zero-order chi connectivity index (χ0) is 10.1. The highest BCUT2D eigenvalue weighted by molar-refractivity contribution is 14.1. The highest BCUT2D eigenvalue weighted by Gasteiger charge is 2.09. The van der Waals surface area contributed by atoms with E-state index in [0.717, 1.165) is 12.8 Å². The molecule has 0 radical (unpaired) electrons. The predicted molar refractivity (Wildman–Crippen MR) is 59.2 cm³/mol. The molecule has 13 heavy (non-hydrogen) atoms. The van der Waals surface area contributed by atoms with Crippen molar-refractivity contribution < 1.29 is 14.7 Å². The third-order valence-electron chi connectivity index (χ3n) is 1.78. The fraction of sp³-hybridized carbons (Fsp3) is 0.778. The molecule has 0 saturated heterocycles. The monoisotopic (exact) mass is 298 g/mol. The Balaban J connectivity index is 3.16. The summed E-state index contributed by atoms with van der Waals surface area (Å²) in [7, 11) is 0. The standard InChI is InChI=1S/C9H15IO3/c10-7-5-3-1-2-4-6-8(11)9(12)13/h1-7H2,(H,12,13). The topological polar surface area (TPSA) is 54.4 Å². The number of unbranched alkanes of at least 4 members (excludes halogenated alkanes) is 4. The number of ketones is 1. The Morgan fingerprint density at radius 3 is 2.08 bits per heavy atom. The van der Waals surface area contributed by atoms with Crippen LogP contribution in [0.3, 0.4) is 0 Å². The van der Waals surface area contributed by atoms with Crippen molar-refractivity contribution in [3.63, 3.8) is 0 Å². The average molecular weight is 298 g/mol. The molecule has 0 bridgehead atoms. The summed E-state index contributed by atoms with van der Waals surface area (Å²) in [5, 5.41) is 8.27. The minimum atomic E-state index is -1.30. The molecular weight excluding hydrogens is 283 g/mol. The van der Waals surface area contributed by atoms with Crippen LogP contribution < -0.4 is 0 Å². The van der Waals surface area contributed by atoms with Crippen molar-refractivity contribution in [2.24, 2.45) is 0 Å². The molecule has 76 valence electrons. The van der Waals surface area contributed by atoms with Crippen molar-refractivity contribution in [1.82, 2.24) is 0 Å². The maximum absolute atomic E-state index is 10.6. The number of alkyl halides is 1. The second kappa shape index (κ2) is 8.47. The van der Waals surface area contributed by atoms with Crippen LogP contribution in [-0.4, -0.2) is 21.3 Å². The predicted octanol–water partition coefficient (Wildman–Crippen LogP) is 2.42. The normalized spacial score (nSPS) is 9.92. The second-order valence-electron chi connectivity index (χ2n) is 2.94. The fourth-order valence-electron chi connectivity index (χ4n) is 1.02. The van der Waals surface area contributed by atoms with E-state index in [1.807, 2.05) is 0 Å². The van der Waals surface area contributed by atoms with Crippen LogP contribution in [0.2, 0.25) is 0 Å². The summed E-state index contributed by atoms with van der Waals surface area (Å²) in [6.45, 7) is 0. The Morgan fingerprint density at radius 2 is 1.54 bits per heavy atom. The molecular formula is C9H15IO3. The zero-order valence-electron chi connectivity index (χ0n) is 7.59. The van der Waals surface area contributed by atoms with E-state index in [9.17, 15) is 9.59 Å². The molecule has 0 fully saturated rings. The quantitative estimate of drug-likeness (QED) is 0.324. The molecule has 0 unspecified atom stereocenters. The largest absolute Gasteiger partial charge is 0.476 e. The number of carbonyl (C=O) groups is 2. The molecule has 0 atom stereocenters. The first-order chi connectivity index (χ1) is 6.18. The Bertz CT molecular complexity index is 168. The van der Waals surface area contributed by atoms with Gasteiger partial charge in [0.2, 0.25) is 5.78 Å². The first kappa shape index (κ1) is 12.9. The molecule has 0 rings (SSSR count). The molecule has 0 saturated carbocycles. The highest BCUT2D eigenvalue weighted by Crippen LogP contribution is 2.06. The maximum atomic E-state index is 10.6. The lowest BCUT2D eigenvalue weighted by molar-refractivity contribution is -0.149. The molecule has 0 spiro atoms. The van der Waals surface area contributed by atoms with Gasteiger partial charge in [-0.15, -0.1) is 0 Å². The van der Waals surface area contributed by atoms with Crippen molar-refractivity contribution in [3.05, 3.63) is 0 Å². The van der Waals surface area contributed by atoms with Crippen molar-refractivity contribution in [2.75, 3.05) is 4.43 Å². The molecule has 4 heteroatoms. The van der Waals surface area contributed by atoms with Gasteiger partial charge in [0.05, 0.1) is 0 Å². The number of hydrogen-bond acceptors (Lipinski definition) is 2. The van der Waals surface area contributed by atoms with Crippen LogP contribution in [-0.2, 0) is 9.59 Å². The van der Waals surface area contributed by atoms with Gasteiger partial charge in [0, 0.05) is 6.42 Å². The number of carboxylic acids is 1. The second-order valence-corrected chi connectivity index (χ2v) is 4.01. The number of carboxylic acid groups (broad SMARTS) is 1. The molecule has 0 aromatic rings. The van der Waals surface area contributed by atoms with E-state index >= 15 is 0 Å². The molecule has 3 nitrogen and oxygen atoms in total. The summed E-state index contributed by atoms with van der Waals surface area (Å²) in [6.07, 6.45) is 5.38. The number of hydrogen-bond donors (Lipinski definition) is 1. The first-order valence-corrected chi connectivity index (χ1v) is 6.03. The van der Waals surface area contributed by atoms with Gasteiger partial charge < -0.3 is 5.11 Å². The number of carbonyl (C=O) groups excluding carboxylic acids is 1. The lowest BCUT2D eigenvalue weighted by Gasteiger charge is -1.97. The number of aliphatic carboxylic acids is 1. The maximum Gasteiger partial charge on any atom is 0.372 e. The molecule has 0 aromatic heterocycles. The van der Waals surface area contributed by atoms with Gasteiger partial charge in [0.1, 0.15) is 0 Å². The van der Waals surface area contributed by atoms with Crippen molar-refractivity contribution in [1.29, 1.82) is 0 Å². The Kier molecular flexibility index (Phi) is 8.38. The highest BCUT2D eigenvalue weighted by atomic mass is 127. The third-order valence-corrected chi connectivity index (χ3v) is 2.54. The van der Waals surface area contributed by atoms with Gasteiger partial charge in [0.15, 0.2) is 0 Å². The SMILES string of the molecule is O=C(O)C(=O)CCCCCCCI. The van der Waals surface area contributed by atoms with Crippen molar-refractivity contribution >= 4 is 34.3 Å². The van der Waals surface area contributed by atoms with Gasteiger partial charge in [-0.3, -0.25) is 4.79 Å². The molecule has 0 aliphatic carbocycles. The molecule has 0 heterocycles. The van der Waals surface area contributed by atoms with Crippen LogP contribution in [0.4, 0.5) is 0 Å². The van der Waals surface area contributed by atoms with Crippen LogP contribution >= 0.6 is 22.6 Å². The van der Waals surface area contributed by atoms with Gasteiger partial charge in [0.25, 0.3) is 0 Å². The smallest absolute Gasteiger partial charge is 0.372 e. The number of rotatable bonds is 8. The molecule has 0 aliphatic rings. The van der Waals surface area contributed by atoms with Crippen LogP contribution in [0, 0.1) is 0 Å². The summed E-state index contributed by atoms with van der Waals surface area (Å²) in [5.41, 5.74) is 0. The molecule has 0 aliphatic heterocycles. The van der Waals surface area contributed by atoms with Gasteiger partial charge in [-0.2, -0.15) is 0 Å². The zero-order valence-corrected chi connectivity index (χ0v) is 9.75. The Morgan fingerprint density at radius 1 is 1.00 bits per heavy atom. The minimum Gasteiger partial charge on any atom is -0.476 e. The number of halogens is 1. The van der Waals surface area contributed by atoms with E-state index < -0.39 is 11.8 Å². The molecule has 0 amide bonds. The van der Waals surface area contributed by atoms with E-state index in [-0.39, 0.29) is 6.42 Å². The third kappa shape index (κ3) is 8.21. The molecule has 1 N–H and O–H groups in total. The van der Waals surface area contributed by atoms with Crippen LogP contribution in [0.1, 0.15) is 38.5 Å². The Labute approximate surface area is 92.0 Å². The summed E-state index contributed by atoms with van der Waals surface area (Å²) in [5.74, 6) is -1.96. The van der Waals surface area contributed by atoms with E-state index in [1.165, 1.54) is 17.3 Å². The average Bonchev–Trinajstić information content (AvgIpc) is 2.10. The van der Waals surface area contributed by atoms with E-state index in [0.29, 0.717) is 6.42 Å². The molecule has 0 aromatic carbocycles.